The van der Waals surface area contributed by atoms with Crippen LogP contribution in [0.1, 0.15) is 37.7 Å². The number of hydrogen-bond acceptors (Lipinski definition) is 3. The Kier molecular flexibility index (Phi) is 3.84. The van der Waals surface area contributed by atoms with Crippen LogP contribution in [-0.2, 0) is 6.54 Å². The van der Waals surface area contributed by atoms with Crippen molar-refractivity contribution in [1.82, 2.24) is 15.5 Å². The number of hydrogen-bond donors (Lipinski definition) is 3. The smallest absolute Gasteiger partial charge is 0.335 e. The van der Waals surface area contributed by atoms with Crippen LogP contribution < -0.4 is 5.32 Å². The van der Waals surface area contributed by atoms with Gasteiger partial charge < -0.3 is 10.4 Å². The van der Waals surface area contributed by atoms with Crippen LogP contribution in [0.3, 0.4) is 0 Å². The van der Waals surface area contributed by atoms with Gasteiger partial charge in [0.25, 0.3) is 5.91 Å². The molecular formula is C14H15N3O3. The molecule has 2 aromatic rings. The van der Waals surface area contributed by atoms with E-state index in [0.717, 1.165) is 5.56 Å². The van der Waals surface area contributed by atoms with Gasteiger partial charge >= 0.3 is 5.97 Å². The first kappa shape index (κ1) is 13.8. The number of aromatic nitrogens is 2. The zero-order chi connectivity index (χ0) is 14.7. The number of rotatable bonds is 4. The maximum atomic E-state index is 12.1. The summed E-state index contributed by atoms with van der Waals surface area (Å²) in [7, 11) is 0. The third kappa shape index (κ3) is 2.85. The van der Waals surface area contributed by atoms with Crippen molar-refractivity contribution in [1.29, 1.82) is 0 Å². The molecule has 2 rings (SSSR count). The van der Waals surface area contributed by atoms with E-state index in [4.69, 9.17) is 5.11 Å². The van der Waals surface area contributed by atoms with Gasteiger partial charge in [0.05, 0.1) is 16.8 Å². The molecule has 0 radical (unpaired) electrons. The first-order valence-electron chi connectivity index (χ1n) is 6.11. The number of H-pyrrole nitrogens is 1. The number of aryl methyl sites for hydroxylation is 2. The molecule has 0 saturated heterocycles. The molecule has 0 aliphatic rings. The van der Waals surface area contributed by atoms with Gasteiger partial charge in [-0.15, -0.1) is 0 Å². The van der Waals surface area contributed by atoms with Crippen molar-refractivity contribution < 1.29 is 14.7 Å². The average molecular weight is 273 g/mol. The van der Waals surface area contributed by atoms with Gasteiger partial charge in [-0.2, -0.15) is 5.10 Å². The molecule has 6 heteroatoms. The molecule has 104 valence electrons. The summed E-state index contributed by atoms with van der Waals surface area (Å²) in [6, 6.07) is 6.47. The van der Waals surface area contributed by atoms with Crippen molar-refractivity contribution in [3.8, 4) is 0 Å². The summed E-state index contributed by atoms with van der Waals surface area (Å²) < 4.78 is 0. The van der Waals surface area contributed by atoms with Crippen LogP contribution >= 0.6 is 0 Å². The highest BCUT2D eigenvalue weighted by molar-refractivity contribution is 5.96. The molecule has 0 aliphatic carbocycles. The summed E-state index contributed by atoms with van der Waals surface area (Å²) >= 11 is 0. The molecule has 1 aromatic heterocycles. The Morgan fingerprint density at radius 2 is 2.10 bits per heavy atom. The van der Waals surface area contributed by atoms with Crippen LogP contribution in [0.25, 0.3) is 0 Å². The maximum Gasteiger partial charge on any atom is 0.335 e. The minimum atomic E-state index is -0.986. The molecule has 3 N–H and O–H groups in total. The van der Waals surface area contributed by atoms with Crippen LogP contribution in [0.4, 0.5) is 0 Å². The minimum absolute atomic E-state index is 0.201. The molecule has 1 heterocycles. The van der Waals surface area contributed by atoms with Crippen molar-refractivity contribution in [2.24, 2.45) is 0 Å². The van der Waals surface area contributed by atoms with Gasteiger partial charge in [-0.1, -0.05) is 12.1 Å². The fourth-order valence-corrected chi connectivity index (χ4v) is 1.97. The molecule has 1 amide bonds. The minimum Gasteiger partial charge on any atom is -0.478 e. The van der Waals surface area contributed by atoms with E-state index >= 15 is 0 Å². The molecule has 0 spiro atoms. The van der Waals surface area contributed by atoms with E-state index in [0.29, 0.717) is 17.0 Å². The van der Waals surface area contributed by atoms with E-state index in [9.17, 15) is 9.59 Å². The Hall–Kier alpha value is -2.63. The van der Waals surface area contributed by atoms with Gasteiger partial charge in [0.1, 0.15) is 0 Å². The molecule has 1 aromatic carbocycles. The lowest BCUT2D eigenvalue weighted by Crippen LogP contribution is -2.24. The second-order valence-corrected chi connectivity index (χ2v) is 4.50. The Bertz CT molecular complexity index is 642. The average Bonchev–Trinajstić information content (AvgIpc) is 2.76. The summed E-state index contributed by atoms with van der Waals surface area (Å²) in [5.74, 6) is -1.21. The molecule has 20 heavy (non-hydrogen) atoms. The molecule has 0 saturated carbocycles. The predicted octanol–water partition coefficient (Wildman–Crippen LogP) is 1.65. The molecule has 6 nitrogen and oxygen atoms in total. The Morgan fingerprint density at radius 3 is 2.70 bits per heavy atom. The summed E-state index contributed by atoms with van der Waals surface area (Å²) in [6.45, 7) is 3.80. The van der Waals surface area contributed by atoms with Crippen LogP contribution in [-0.4, -0.2) is 27.2 Å². The molecule has 0 bridgehead atoms. The van der Waals surface area contributed by atoms with Crippen molar-refractivity contribution in [3.05, 3.63) is 52.3 Å². The number of carboxylic acids is 1. The molecule has 0 aliphatic heterocycles. The second-order valence-electron chi connectivity index (χ2n) is 4.50. The number of carboxylic acid groups (broad SMARTS) is 1. The maximum absolute atomic E-state index is 12.1. The molecule has 0 atom stereocenters. The highest BCUT2D eigenvalue weighted by Gasteiger charge is 2.14. The van der Waals surface area contributed by atoms with Gasteiger partial charge in [-0.3, -0.25) is 9.89 Å². The summed E-state index contributed by atoms with van der Waals surface area (Å²) in [6.07, 6.45) is 0. The van der Waals surface area contributed by atoms with E-state index in [1.165, 1.54) is 12.1 Å². The first-order chi connectivity index (χ1) is 9.49. The fourth-order valence-electron chi connectivity index (χ4n) is 1.97. The molecule has 0 fully saturated rings. The lowest BCUT2D eigenvalue weighted by Gasteiger charge is -2.06. The van der Waals surface area contributed by atoms with Gasteiger partial charge in [0.15, 0.2) is 0 Å². The summed E-state index contributed by atoms with van der Waals surface area (Å²) in [5.41, 5.74) is 2.81. The number of nitrogens with zero attached hydrogens (tertiary/aromatic N) is 1. The van der Waals surface area contributed by atoms with Gasteiger partial charge in [-0.25, -0.2) is 4.79 Å². The topological polar surface area (TPSA) is 95.1 Å². The van der Waals surface area contributed by atoms with Gasteiger partial charge in [0.2, 0.25) is 0 Å². The van der Waals surface area contributed by atoms with Crippen LogP contribution in [0.5, 0.6) is 0 Å². The standard InChI is InChI=1S/C14H15N3O3/c1-8-12(9(2)17-16-8)13(18)15-7-10-4-3-5-11(6-10)14(19)20/h3-6H,7H2,1-2H3,(H,15,18)(H,16,17)(H,19,20). The third-order valence-corrected chi connectivity index (χ3v) is 2.98. The van der Waals surface area contributed by atoms with Crippen molar-refractivity contribution in [3.63, 3.8) is 0 Å². The first-order valence-corrected chi connectivity index (χ1v) is 6.11. The van der Waals surface area contributed by atoms with Crippen LogP contribution in [0.2, 0.25) is 0 Å². The normalized spacial score (nSPS) is 10.3. The number of aromatic carboxylic acids is 1. The van der Waals surface area contributed by atoms with Crippen LogP contribution in [0.15, 0.2) is 24.3 Å². The highest BCUT2D eigenvalue weighted by atomic mass is 16.4. The lowest BCUT2D eigenvalue weighted by atomic mass is 10.1. The zero-order valence-corrected chi connectivity index (χ0v) is 11.2. The van der Waals surface area contributed by atoms with Crippen molar-refractivity contribution in [2.75, 3.05) is 0 Å². The Balaban J connectivity index is 2.07. The second kappa shape index (κ2) is 5.56. The lowest BCUT2D eigenvalue weighted by molar-refractivity contribution is 0.0696. The van der Waals surface area contributed by atoms with E-state index < -0.39 is 5.97 Å². The Morgan fingerprint density at radius 1 is 1.35 bits per heavy atom. The highest BCUT2D eigenvalue weighted by Crippen LogP contribution is 2.10. The molecular weight excluding hydrogens is 258 g/mol. The SMILES string of the molecule is Cc1n[nH]c(C)c1C(=O)NCc1cccc(C(=O)O)c1. The van der Waals surface area contributed by atoms with E-state index in [-0.39, 0.29) is 18.0 Å². The van der Waals surface area contributed by atoms with Gasteiger partial charge in [0, 0.05) is 12.2 Å². The van der Waals surface area contributed by atoms with E-state index in [1.807, 2.05) is 0 Å². The summed E-state index contributed by atoms with van der Waals surface area (Å²) in [5, 5.41) is 18.4. The monoisotopic (exact) mass is 273 g/mol. The Labute approximate surface area is 115 Å². The van der Waals surface area contributed by atoms with Crippen LogP contribution in [0, 0.1) is 13.8 Å². The number of benzene rings is 1. The van der Waals surface area contributed by atoms with Crippen molar-refractivity contribution >= 4 is 11.9 Å². The number of nitrogens with one attached hydrogen (secondary N) is 2. The van der Waals surface area contributed by atoms with Gasteiger partial charge in [-0.05, 0) is 31.5 Å². The van der Waals surface area contributed by atoms with E-state index in [1.54, 1.807) is 26.0 Å². The predicted molar refractivity (Wildman–Crippen MR) is 72.6 cm³/mol. The van der Waals surface area contributed by atoms with Crippen molar-refractivity contribution in [2.45, 2.75) is 20.4 Å². The fraction of sp³-hybridized carbons (Fsp3) is 0.214. The largest absolute Gasteiger partial charge is 0.478 e. The van der Waals surface area contributed by atoms with E-state index in [2.05, 4.69) is 15.5 Å². The number of amides is 1. The number of carbonyl (C=O) groups is 2. The molecule has 0 unspecified atom stereocenters. The quantitative estimate of drug-likeness (QED) is 0.789. The summed E-state index contributed by atoms with van der Waals surface area (Å²) in [4.78, 5) is 22.9. The third-order valence-electron chi connectivity index (χ3n) is 2.98. The zero-order valence-electron chi connectivity index (χ0n) is 11.2. The number of aromatic amines is 1. The number of carbonyl (C=O) groups excluding carboxylic acids is 1.